The van der Waals surface area contributed by atoms with Gasteiger partial charge in [0.2, 0.25) is 0 Å². The van der Waals surface area contributed by atoms with Crippen molar-refractivity contribution in [3.63, 3.8) is 0 Å². The lowest BCUT2D eigenvalue weighted by Gasteiger charge is -2.20. The maximum Gasteiger partial charge on any atom is 0.0929 e. The summed E-state index contributed by atoms with van der Waals surface area (Å²) in [5.74, 6) is 0. The molecule has 3 nitrogen and oxygen atoms in total. The van der Waals surface area contributed by atoms with E-state index in [1.807, 2.05) is 0 Å². The molecule has 108 valence electrons. The SMILES string of the molecule is CCCC(COC)NCC(O)c1cc(Cl)ccc1Cl. The lowest BCUT2D eigenvalue weighted by molar-refractivity contribution is 0.136. The molecular weight excluding hydrogens is 285 g/mol. The molecule has 0 bridgehead atoms. The van der Waals surface area contributed by atoms with Crippen LogP contribution in [0.5, 0.6) is 0 Å². The van der Waals surface area contributed by atoms with Gasteiger partial charge in [0.05, 0.1) is 12.7 Å². The number of hydrogen-bond donors (Lipinski definition) is 2. The molecular formula is C14H21Cl2NO2. The number of ether oxygens (including phenoxy) is 1. The monoisotopic (exact) mass is 305 g/mol. The molecule has 5 heteroatoms. The molecule has 19 heavy (non-hydrogen) atoms. The van der Waals surface area contributed by atoms with Gasteiger partial charge in [-0.2, -0.15) is 0 Å². The van der Waals surface area contributed by atoms with Crippen molar-refractivity contribution in [1.29, 1.82) is 0 Å². The van der Waals surface area contributed by atoms with Crippen LogP contribution in [0.4, 0.5) is 0 Å². The van der Waals surface area contributed by atoms with Crippen molar-refractivity contribution in [3.8, 4) is 0 Å². The predicted octanol–water partition coefficient (Wildman–Crippen LogP) is 3.43. The maximum atomic E-state index is 10.2. The maximum absolute atomic E-state index is 10.2. The largest absolute Gasteiger partial charge is 0.387 e. The molecule has 0 saturated heterocycles. The van der Waals surface area contributed by atoms with Crippen LogP contribution in [0.15, 0.2) is 18.2 Å². The van der Waals surface area contributed by atoms with Gasteiger partial charge < -0.3 is 15.2 Å². The number of aliphatic hydroxyl groups excluding tert-OH is 1. The molecule has 0 radical (unpaired) electrons. The molecule has 0 amide bonds. The van der Waals surface area contributed by atoms with Crippen molar-refractivity contribution in [2.24, 2.45) is 0 Å². The summed E-state index contributed by atoms with van der Waals surface area (Å²) in [6.45, 7) is 3.17. The number of methoxy groups -OCH3 is 1. The first kappa shape index (κ1) is 16.7. The van der Waals surface area contributed by atoms with Gasteiger partial charge >= 0.3 is 0 Å². The Morgan fingerprint density at radius 3 is 2.74 bits per heavy atom. The minimum atomic E-state index is -0.678. The molecule has 0 saturated carbocycles. The number of nitrogens with one attached hydrogen (secondary N) is 1. The summed E-state index contributed by atoms with van der Waals surface area (Å²) in [7, 11) is 1.68. The van der Waals surface area contributed by atoms with Crippen LogP contribution in [0.2, 0.25) is 10.0 Å². The first-order valence-corrected chi connectivity index (χ1v) is 7.19. The highest BCUT2D eigenvalue weighted by molar-refractivity contribution is 6.33. The minimum absolute atomic E-state index is 0.239. The number of halogens is 2. The van der Waals surface area contributed by atoms with Crippen LogP contribution in [-0.4, -0.2) is 31.4 Å². The zero-order valence-corrected chi connectivity index (χ0v) is 12.8. The van der Waals surface area contributed by atoms with Crippen LogP contribution in [0.3, 0.4) is 0 Å². The Morgan fingerprint density at radius 1 is 1.37 bits per heavy atom. The average Bonchev–Trinajstić information content (AvgIpc) is 2.39. The second-order valence-electron chi connectivity index (χ2n) is 4.53. The highest BCUT2D eigenvalue weighted by Crippen LogP contribution is 2.26. The van der Waals surface area contributed by atoms with Crippen molar-refractivity contribution < 1.29 is 9.84 Å². The standard InChI is InChI=1S/C14H21Cl2NO2/c1-3-4-11(9-19-2)17-8-14(18)12-7-10(15)5-6-13(12)16/h5-7,11,14,17-18H,3-4,8-9H2,1-2H3. The summed E-state index contributed by atoms with van der Waals surface area (Å²) in [4.78, 5) is 0. The number of rotatable bonds is 8. The lowest BCUT2D eigenvalue weighted by atomic mass is 10.1. The van der Waals surface area contributed by atoms with Crippen LogP contribution in [0, 0.1) is 0 Å². The van der Waals surface area contributed by atoms with Gasteiger partial charge in [0.1, 0.15) is 0 Å². The number of benzene rings is 1. The fourth-order valence-corrected chi connectivity index (χ4v) is 2.38. The number of aliphatic hydroxyl groups is 1. The zero-order chi connectivity index (χ0) is 14.3. The second kappa shape index (κ2) is 8.77. The molecule has 1 aromatic rings. The molecule has 0 aliphatic heterocycles. The average molecular weight is 306 g/mol. The van der Waals surface area contributed by atoms with E-state index in [9.17, 15) is 5.11 Å². The first-order valence-electron chi connectivity index (χ1n) is 6.43. The minimum Gasteiger partial charge on any atom is -0.387 e. The van der Waals surface area contributed by atoms with Crippen molar-refractivity contribution in [3.05, 3.63) is 33.8 Å². The van der Waals surface area contributed by atoms with E-state index in [-0.39, 0.29) is 6.04 Å². The molecule has 0 fully saturated rings. The van der Waals surface area contributed by atoms with Crippen molar-refractivity contribution in [2.75, 3.05) is 20.3 Å². The van der Waals surface area contributed by atoms with Crippen LogP contribution < -0.4 is 5.32 Å². The second-order valence-corrected chi connectivity index (χ2v) is 5.37. The summed E-state index contributed by atoms with van der Waals surface area (Å²) >= 11 is 12.0. The summed E-state index contributed by atoms with van der Waals surface area (Å²) in [6.07, 6.45) is 1.39. The van der Waals surface area contributed by atoms with E-state index in [0.29, 0.717) is 28.8 Å². The van der Waals surface area contributed by atoms with Crippen LogP contribution in [-0.2, 0) is 4.74 Å². The molecule has 0 aliphatic carbocycles. The summed E-state index contributed by atoms with van der Waals surface area (Å²) in [5, 5.41) is 14.5. The smallest absolute Gasteiger partial charge is 0.0929 e. The Kier molecular flexibility index (Phi) is 7.73. The van der Waals surface area contributed by atoms with E-state index < -0.39 is 6.10 Å². The van der Waals surface area contributed by atoms with Crippen LogP contribution in [0.25, 0.3) is 0 Å². The van der Waals surface area contributed by atoms with Gasteiger partial charge in [-0.25, -0.2) is 0 Å². The van der Waals surface area contributed by atoms with Crippen molar-refractivity contribution in [2.45, 2.75) is 31.9 Å². The number of hydrogen-bond acceptors (Lipinski definition) is 3. The van der Waals surface area contributed by atoms with Gasteiger partial charge in [-0.15, -0.1) is 0 Å². The Hall–Kier alpha value is -0.320. The molecule has 0 heterocycles. The molecule has 0 aromatic heterocycles. The highest BCUT2D eigenvalue weighted by Gasteiger charge is 2.14. The van der Waals surface area contributed by atoms with Crippen molar-refractivity contribution >= 4 is 23.2 Å². The Morgan fingerprint density at radius 2 is 2.11 bits per heavy atom. The Balaban J connectivity index is 2.58. The normalized spacial score (nSPS) is 14.4. The van der Waals surface area contributed by atoms with Gasteiger partial charge in [-0.1, -0.05) is 36.5 Å². The molecule has 1 rings (SSSR count). The van der Waals surface area contributed by atoms with Crippen LogP contribution >= 0.6 is 23.2 Å². The quantitative estimate of drug-likeness (QED) is 0.773. The zero-order valence-electron chi connectivity index (χ0n) is 11.3. The van der Waals surface area contributed by atoms with E-state index >= 15 is 0 Å². The fourth-order valence-electron chi connectivity index (χ4n) is 1.95. The topological polar surface area (TPSA) is 41.5 Å². The molecule has 2 unspecified atom stereocenters. The van der Waals surface area contributed by atoms with E-state index in [0.717, 1.165) is 12.8 Å². The van der Waals surface area contributed by atoms with E-state index in [1.165, 1.54) is 0 Å². The molecule has 0 aliphatic rings. The van der Waals surface area contributed by atoms with Gasteiger partial charge in [0.25, 0.3) is 0 Å². The van der Waals surface area contributed by atoms with Gasteiger partial charge in [0, 0.05) is 35.3 Å². The summed E-state index contributed by atoms with van der Waals surface area (Å²) in [5.41, 5.74) is 0.648. The highest BCUT2D eigenvalue weighted by atomic mass is 35.5. The molecule has 2 N–H and O–H groups in total. The fraction of sp³-hybridized carbons (Fsp3) is 0.571. The third kappa shape index (κ3) is 5.67. The lowest BCUT2D eigenvalue weighted by Crippen LogP contribution is -2.36. The van der Waals surface area contributed by atoms with Gasteiger partial charge in [-0.05, 0) is 24.6 Å². The van der Waals surface area contributed by atoms with Crippen molar-refractivity contribution in [1.82, 2.24) is 5.32 Å². The van der Waals surface area contributed by atoms with E-state index in [2.05, 4.69) is 12.2 Å². The Labute approximate surface area is 124 Å². The van der Waals surface area contributed by atoms with Gasteiger partial charge in [0.15, 0.2) is 0 Å². The molecule has 0 spiro atoms. The summed E-state index contributed by atoms with van der Waals surface area (Å²) < 4.78 is 5.15. The Bertz CT molecular complexity index is 382. The first-order chi connectivity index (χ1) is 9.08. The van der Waals surface area contributed by atoms with Crippen LogP contribution in [0.1, 0.15) is 31.4 Å². The summed E-state index contributed by atoms with van der Waals surface area (Å²) in [6, 6.07) is 5.34. The predicted molar refractivity (Wildman–Crippen MR) is 80.0 cm³/mol. The molecule has 1 aromatic carbocycles. The van der Waals surface area contributed by atoms with Gasteiger partial charge in [-0.3, -0.25) is 0 Å². The van der Waals surface area contributed by atoms with E-state index in [1.54, 1.807) is 25.3 Å². The molecule has 2 atom stereocenters. The van der Waals surface area contributed by atoms with E-state index in [4.69, 9.17) is 27.9 Å². The third-order valence-electron chi connectivity index (χ3n) is 2.92. The third-order valence-corrected chi connectivity index (χ3v) is 3.50.